The SMILES string of the molecule is N[C@H]1CC[C@H](CNC(=O)O)CC1. The molecule has 12 heavy (non-hydrogen) atoms. The predicted octanol–water partition coefficient (Wildman–Crippen LogP) is 0.771. The highest BCUT2D eigenvalue weighted by Crippen LogP contribution is 2.22. The Balaban J connectivity index is 2.13. The molecule has 0 unspecified atom stereocenters. The summed E-state index contributed by atoms with van der Waals surface area (Å²) in [6.07, 6.45) is 3.26. The summed E-state index contributed by atoms with van der Waals surface area (Å²) in [7, 11) is 0. The van der Waals surface area contributed by atoms with Crippen molar-refractivity contribution in [2.75, 3.05) is 6.54 Å². The Labute approximate surface area is 72.1 Å². The van der Waals surface area contributed by atoms with Gasteiger partial charge in [-0.05, 0) is 31.6 Å². The van der Waals surface area contributed by atoms with E-state index >= 15 is 0 Å². The van der Waals surface area contributed by atoms with E-state index in [4.69, 9.17) is 10.8 Å². The molecule has 4 nitrogen and oxygen atoms in total. The molecule has 1 aliphatic carbocycles. The maximum absolute atomic E-state index is 10.2. The molecule has 0 aromatic rings. The second-order valence-corrected chi connectivity index (χ2v) is 3.47. The van der Waals surface area contributed by atoms with Gasteiger partial charge in [-0.2, -0.15) is 0 Å². The summed E-state index contributed by atoms with van der Waals surface area (Å²) in [5.74, 6) is 0.501. The normalized spacial score (nSPS) is 29.8. The van der Waals surface area contributed by atoms with Crippen molar-refractivity contribution in [3.8, 4) is 0 Å². The lowest BCUT2D eigenvalue weighted by Gasteiger charge is -2.25. The molecule has 0 saturated heterocycles. The topological polar surface area (TPSA) is 75.3 Å². The van der Waals surface area contributed by atoms with Crippen LogP contribution in [-0.2, 0) is 0 Å². The average molecular weight is 172 g/mol. The van der Waals surface area contributed by atoms with Crippen molar-refractivity contribution in [1.29, 1.82) is 0 Å². The number of carbonyl (C=O) groups is 1. The number of amides is 1. The predicted molar refractivity (Wildman–Crippen MR) is 46.0 cm³/mol. The fourth-order valence-corrected chi connectivity index (χ4v) is 1.62. The summed E-state index contributed by atoms with van der Waals surface area (Å²) in [6.45, 7) is 0.585. The highest BCUT2D eigenvalue weighted by atomic mass is 16.4. The second kappa shape index (κ2) is 4.30. The zero-order chi connectivity index (χ0) is 8.97. The summed E-state index contributed by atoms with van der Waals surface area (Å²) in [4.78, 5) is 10.2. The number of hydrogen-bond acceptors (Lipinski definition) is 2. The number of hydrogen-bond donors (Lipinski definition) is 3. The quantitative estimate of drug-likeness (QED) is 0.576. The van der Waals surface area contributed by atoms with Gasteiger partial charge in [0.2, 0.25) is 0 Å². The average Bonchev–Trinajstić information content (AvgIpc) is 2.03. The van der Waals surface area contributed by atoms with Gasteiger partial charge in [-0.25, -0.2) is 4.79 Å². The zero-order valence-corrected chi connectivity index (χ0v) is 7.12. The Morgan fingerprint density at radius 3 is 2.50 bits per heavy atom. The lowest BCUT2D eigenvalue weighted by molar-refractivity contribution is 0.190. The molecular weight excluding hydrogens is 156 g/mol. The van der Waals surface area contributed by atoms with Crippen LogP contribution in [0.5, 0.6) is 0 Å². The summed E-state index contributed by atoms with van der Waals surface area (Å²) in [5.41, 5.74) is 5.72. The Bertz CT molecular complexity index is 153. The molecule has 70 valence electrons. The Morgan fingerprint density at radius 1 is 1.42 bits per heavy atom. The number of nitrogens with two attached hydrogens (primary N) is 1. The summed E-state index contributed by atoms with van der Waals surface area (Å²) in [6, 6.07) is 0.339. The van der Waals surface area contributed by atoms with Gasteiger partial charge in [0, 0.05) is 12.6 Å². The van der Waals surface area contributed by atoms with Gasteiger partial charge in [-0.15, -0.1) is 0 Å². The molecule has 0 aliphatic heterocycles. The van der Waals surface area contributed by atoms with Gasteiger partial charge < -0.3 is 16.2 Å². The van der Waals surface area contributed by atoms with Crippen molar-refractivity contribution in [3.63, 3.8) is 0 Å². The van der Waals surface area contributed by atoms with Crippen molar-refractivity contribution >= 4 is 6.09 Å². The standard InChI is InChI=1S/C8H16N2O2/c9-7-3-1-6(2-4-7)5-10-8(11)12/h6-7,10H,1-5,9H2,(H,11,12)/t6-,7-. The van der Waals surface area contributed by atoms with Crippen LogP contribution in [0.4, 0.5) is 4.79 Å². The van der Waals surface area contributed by atoms with E-state index in [0.29, 0.717) is 18.5 Å². The fourth-order valence-electron chi connectivity index (χ4n) is 1.62. The molecule has 1 rings (SSSR count). The van der Waals surface area contributed by atoms with Crippen LogP contribution in [0.3, 0.4) is 0 Å². The summed E-state index contributed by atoms with van der Waals surface area (Å²) in [5, 5.41) is 10.8. The van der Waals surface area contributed by atoms with E-state index in [2.05, 4.69) is 5.32 Å². The zero-order valence-electron chi connectivity index (χ0n) is 7.12. The van der Waals surface area contributed by atoms with E-state index in [9.17, 15) is 4.79 Å². The van der Waals surface area contributed by atoms with Crippen LogP contribution in [0.25, 0.3) is 0 Å². The molecule has 0 atom stereocenters. The molecule has 4 heteroatoms. The Kier molecular flexibility index (Phi) is 3.34. The first-order chi connectivity index (χ1) is 5.68. The Morgan fingerprint density at radius 2 is 2.00 bits per heavy atom. The van der Waals surface area contributed by atoms with Gasteiger partial charge in [-0.1, -0.05) is 0 Å². The van der Waals surface area contributed by atoms with E-state index in [1.54, 1.807) is 0 Å². The molecule has 1 saturated carbocycles. The van der Waals surface area contributed by atoms with Crippen molar-refractivity contribution in [2.45, 2.75) is 31.7 Å². The van der Waals surface area contributed by atoms with E-state index in [0.717, 1.165) is 25.7 Å². The lowest BCUT2D eigenvalue weighted by Crippen LogP contribution is -2.33. The molecule has 4 N–H and O–H groups in total. The minimum absolute atomic E-state index is 0.339. The van der Waals surface area contributed by atoms with E-state index in [1.165, 1.54) is 0 Å². The molecule has 0 spiro atoms. The van der Waals surface area contributed by atoms with E-state index < -0.39 is 6.09 Å². The molecule has 0 aromatic carbocycles. The smallest absolute Gasteiger partial charge is 0.404 e. The molecular formula is C8H16N2O2. The lowest BCUT2D eigenvalue weighted by atomic mass is 9.86. The Hall–Kier alpha value is -0.770. The van der Waals surface area contributed by atoms with Crippen LogP contribution in [0.2, 0.25) is 0 Å². The third-order valence-electron chi connectivity index (χ3n) is 2.43. The molecule has 1 amide bonds. The van der Waals surface area contributed by atoms with Gasteiger partial charge in [0.15, 0.2) is 0 Å². The van der Waals surface area contributed by atoms with Crippen LogP contribution in [0.1, 0.15) is 25.7 Å². The highest BCUT2D eigenvalue weighted by molar-refractivity contribution is 5.64. The van der Waals surface area contributed by atoms with Gasteiger partial charge >= 0.3 is 6.09 Å². The molecule has 0 heterocycles. The first kappa shape index (κ1) is 9.32. The summed E-state index contributed by atoms with van der Waals surface area (Å²) >= 11 is 0. The van der Waals surface area contributed by atoms with E-state index in [1.807, 2.05) is 0 Å². The second-order valence-electron chi connectivity index (χ2n) is 3.47. The molecule has 1 aliphatic rings. The van der Waals surface area contributed by atoms with Gasteiger partial charge in [-0.3, -0.25) is 0 Å². The molecule has 0 radical (unpaired) electrons. The fraction of sp³-hybridized carbons (Fsp3) is 0.875. The van der Waals surface area contributed by atoms with Crippen molar-refractivity contribution in [2.24, 2.45) is 11.7 Å². The number of rotatable bonds is 2. The van der Waals surface area contributed by atoms with Gasteiger partial charge in [0.1, 0.15) is 0 Å². The van der Waals surface area contributed by atoms with Crippen molar-refractivity contribution in [3.05, 3.63) is 0 Å². The minimum Gasteiger partial charge on any atom is -0.465 e. The number of carboxylic acid groups (broad SMARTS) is 1. The van der Waals surface area contributed by atoms with Crippen LogP contribution in [0, 0.1) is 5.92 Å². The van der Waals surface area contributed by atoms with E-state index in [-0.39, 0.29) is 0 Å². The van der Waals surface area contributed by atoms with Gasteiger partial charge in [0.25, 0.3) is 0 Å². The van der Waals surface area contributed by atoms with Gasteiger partial charge in [0.05, 0.1) is 0 Å². The first-order valence-electron chi connectivity index (χ1n) is 4.41. The maximum atomic E-state index is 10.2. The van der Waals surface area contributed by atoms with Crippen LogP contribution in [-0.4, -0.2) is 23.8 Å². The molecule has 0 bridgehead atoms. The minimum atomic E-state index is -0.926. The molecule has 0 aromatic heterocycles. The highest BCUT2D eigenvalue weighted by Gasteiger charge is 2.18. The van der Waals surface area contributed by atoms with Crippen LogP contribution >= 0.6 is 0 Å². The van der Waals surface area contributed by atoms with Crippen molar-refractivity contribution in [1.82, 2.24) is 5.32 Å². The maximum Gasteiger partial charge on any atom is 0.404 e. The summed E-state index contributed by atoms with van der Waals surface area (Å²) < 4.78 is 0. The number of nitrogens with one attached hydrogen (secondary N) is 1. The molecule has 1 fully saturated rings. The van der Waals surface area contributed by atoms with Crippen LogP contribution < -0.4 is 11.1 Å². The van der Waals surface area contributed by atoms with Crippen molar-refractivity contribution < 1.29 is 9.90 Å². The first-order valence-corrected chi connectivity index (χ1v) is 4.41. The third kappa shape index (κ3) is 3.09. The van der Waals surface area contributed by atoms with Crippen LogP contribution in [0.15, 0.2) is 0 Å². The largest absolute Gasteiger partial charge is 0.465 e. The third-order valence-corrected chi connectivity index (χ3v) is 2.43. The monoisotopic (exact) mass is 172 g/mol.